The van der Waals surface area contributed by atoms with Gasteiger partial charge in [-0.05, 0) is 43.0 Å². The number of benzene rings is 2. The van der Waals surface area contributed by atoms with Gasteiger partial charge >= 0.3 is 0 Å². The fourth-order valence-electron chi connectivity index (χ4n) is 3.11. The highest BCUT2D eigenvalue weighted by Crippen LogP contribution is 2.24. The van der Waals surface area contributed by atoms with Crippen molar-refractivity contribution in [3.8, 4) is 5.75 Å². The van der Waals surface area contributed by atoms with Gasteiger partial charge in [0.05, 0.1) is 10.7 Å². The van der Waals surface area contributed by atoms with Crippen LogP contribution in [0.5, 0.6) is 5.75 Å². The lowest BCUT2D eigenvalue weighted by atomic mass is 10.0. The third-order valence-corrected chi connectivity index (χ3v) is 5.44. The van der Waals surface area contributed by atoms with Crippen LogP contribution in [-0.4, -0.2) is 10.9 Å². The Hall–Kier alpha value is -2.92. The Bertz CT molecular complexity index is 985. The van der Waals surface area contributed by atoms with Crippen LogP contribution >= 0.6 is 11.3 Å². The van der Waals surface area contributed by atoms with Crippen molar-refractivity contribution < 1.29 is 9.53 Å². The van der Waals surface area contributed by atoms with E-state index >= 15 is 0 Å². The normalized spacial score (nSPS) is 11.0. The molecule has 1 aromatic heterocycles. The number of aromatic nitrogens is 1. The first-order valence-electron chi connectivity index (χ1n) is 9.83. The number of rotatable bonds is 8. The van der Waals surface area contributed by atoms with E-state index in [0.717, 1.165) is 51.7 Å². The standard InChI is InChI=1S/C24H26N2O2S/c1-4-18-10-8-11-19(5-2)24(18)26-23(27)14-13-20-9-6-7-12-22(20)28-15-21-16-29-17(3)25-21/h6-14,16H,4-5,15H2,1-3H3,(H,26,27)/b14-13+. The molecule has 150 valence electrons. The summed E-state index contributed by atoms with van der Waals surface area (Å²) in [4.78, 5) is 17.0. The molecule has 0 bridgehead atoms. The summed E-state index contributed by atoms with van der Waals surface area (Å²) < 4.78 is 5.92. The van der Waals surface area contributed by atoms with E-state index in [-0.39, 0.29) is 5.91 Å². The second-order valence-corrected chi connectivity index (χ2v) is 7.73. The predicted octanol–water partition coefficient (Wildman–Crippen LogP) is 5.81. The summed E-state index contributed by atoms with van der Waals surface area (Å²) in [5.74, 6) is 0.580. The summed E-state index contributed by atoms with van der Waals surface area (Å²) in [6, 6.07) is 13.8. The molecule has 0 atom stereocenters. The molecule has 0 saturated heterocycles. The second-order valence-electron chi connectivity index (χ2n) is 6.67. The summed E-state index contributed by atoms with van der Waals surface area (Å²) >= 11 is 1.61. The minimum absolute atomic E-state index is 0.148. The van der Waals surface area contributed by atoms with Crippen molar-refractivity contribution in [2.75, 3.05) is 5.32 Å². The van der Waals surface area contributed by atoms with Crippen LogP contribution in [0.3, 0.4) is 0 Å². The van der Waals surface area contributed by atoms with Gasteiger partial charge in [-0.3, -0.25) is 4.79 Å². The maximum atomic E-state index is 12.6. The van der Waals surface area contributed by atoms with Crippen molar-refractivity contribution in [2.45, 2.75) is 40.2 Å². The van der Waals surface area contributed by atoms with Crippen LogP contribution in [0, 0.1) is 6.92 Å². The quantitative estimate of drug-likeness (QED) is 0.481. The molecular formula is C24H26N2O2S. The number of para-hydroxylation sites is 2. The molecule has 0 aliphatic heterocycles. The van der Waals surface area contributed by atoms with Crippen LogP contribution in [0.15, 0.2) is 53.9 Å². The zero-order chi connectivity index (χ0) is 20.6. The van der Waals surface area contributed by atoms with Gasteiger partial charge in [0.2, 0.25) is 5.91 Å². The van der Waals surface area contributed by atoms with Crippen molar-refractivity contribution >= 4 is 29.0 Å². The molecule has 0 aliphatic rings. The number of anilines is 1. The lowest BCUT2D eigenvalue weighted by molar-refractivity contribution is -0.111. The smallest absolute Gasteiger partial charge is 0.248 e. The number of thiazole rings is 1. The molecule has 3 rings (SSSR count). The van der Waals surface area contributed by atoms with Gasteiger partial charge in [-0.2, -0.15) is 0 Å². The van der Waals surface area contributed by atoms with E-state index < -0.39 is 0 Å². The molecule has 0 radical (unpaired) electrons. The molecule has 29 heavy (non-hydrogen) atoms. The van der Waals surface area contributed by atoms with Gasteiger partial charge in [-0.15, -0.1) is 11.3 Å². The second kappa shape index (κ2) is 10.0. The van der Waals surface area contributed by atoms with E-state index in [1.807, 2.05) is 42.6 Å². The minimum atomic E-state index is -0.148. The molecule has 0 spiro atoms. The van der Waals surface area contributed by atoms with Gasteiger partial charge in [-0.1, -0.05) is 50.2 Å². The molecule has 1 heterocycles. The largest absolute Gasteiger partial charge is 0.487 e. The zero-order valence-corrected chi connectivity index (χ0v) is 17.9. The summed E-state index contributed by atoms with van der Waals surface area (Å²) in [6.07, 6.45) is 5.10. The Kier molecular flexibility index (Phi) is 7.19. The number of hydrogen-bond donors (Lipinski definition) is 1. The lowest BCUT2D eigenvalue weighted by Crippen LogP contribution is -2.11. The van der Waals surface area contributed by atoms with E-state index in [1.54, 1.807) is 23.5 Å². The van der Waals surface area contributed by atoms with E-state index in [9.17, 15) is 4.79 Å². The molecule has 5 heteroatoms. The number of carbonyl (C=O) groups excluding carboxylic acids is 1. The van der Waals surface area contributed by atoms with Crippen molar-refractivity contribution in [1.82, 2.24) is 4.98 Å². The molecule has 2 aromatic carbocycles. The monoisotopic (exact) mass is 406 g/mol. The van der Waals surface area contributed by atoms with Crippen LogP contribution in [-0.2, 0) is 24.2 Å². The number of amides is 1. The van der Waals surface area contributed by atoms with Crippen LogP contribution < -0.4 is 10.1 Å². The number of ether oxygens (including phenoxy) is 1. The molecule has 1 N–H and O–H groups in total. The topological polar surface area (TPSA) is 51.2 Å². The first kappa shape index (κ1) is 20.8. The Morgan fingerprint density at radius 2 is 1.83 bits per heavy atom. The van der Waals surface area contributed by atoms with Gasteiger partial charge in [-0.25, -0.2) is 4.98 Å². The van der Waals surface area contributed by atoms with Crippen LogP contribution in [0.1, 0.15) is 41.2 Å². The minimum Gasteiger partial charge on any atom is -0.487 e. The summed E-state index contributed by atoms with van der Waals surface area (Å²) in [6.45, 7) is 6.57. The first-order chi connectivity index (χ1) is 14.1. The fourth-order valence-corrected chi connectivity index (χ4v) is 3.71. The van der Waals surface area contributed by atoms with Gasteiger partial charge in [0.15, 0.2) is 0 Å². The summed E-state index contributed by atoms with van der Waals surface area (Å²) in [7, 11) is 0. The Balaban J connectivity index is 1.71. The van der Waals surface area contributed by atoms with Crippen LogP contribution in [0.4, 0.5) is 5.69 Å². The van der Waals surface area contributed by atoms with Crippen LogP contribution in [0.2, 0.25) is 0 Å². The average Bonchev–Trinajstić information content (AvgIpc) is 3.16. The maximum absolute atomic E-state index is 12.6. The number of hydrogen-bond acceptors (Lipinski definition) is 4. The van der Waals surface area contributed by atoms with Gasteiger partial charge in [0.25, 0.3) is 0 Å². The number of nitrogens with zero attached hydrogens (tertiary/aromatic N) is 1. The highest BCUT2D eigenvalue weighted by Gasteiger charge is 2.09. The third-order valence-electron chi connectivity index (χ3n) is 4.62. The van der Waals surface area contributed by atoms with Crippen molar-refractivity contribution in [3.05, 3.63) is 81.3 Å². The third kappa shape index (κ3) is 5.55. The number of aryl methyl sites for hydroxylation is 3. The molecule has 1 amide bonds. The Morgan fingerprint density at radius 3 is 2.48 bits per heavy atom. The Morgan fingerprint density at radius 1 is 1.10 bits per heavy atom. The van der Waals surface area contributed by atoms with Crippen molar-refractivity contribution in [2.24, 2.45) is 0 Å². The van der Waals surface area contributed by atoms with E-state index in [0.29, 0.717) is 6.61 Å². The summed E-state index contributed by atoms with van der Waals surface area (Å²) in [5, 5.41) is 6.07. The fraction of sp³-hybridized carbons (Fsp3) is 0.250. The molecule has 0 fully saturated rings. The zero-order valence-electron chi connectivity index (χ0n) is 17.1. The first-order valence-corrected chi connectivity index (χ1v) is 10.7. The molecule has 0 unspecified atom stereocenters. The molecular weight excluding hydrogens is 380 g/mol. The van der Waals surface area contributed by atoms with Gasteiger partial charge < -0.3 is 10.1 Å². The Labute approximate surface area is 176 Å². The molecule has 0 saturated carbocycles. The number of nitrogens with one attached hydrogen (secondary N) is 1. The van der Waals surface area contributed by atoms with Crippen molar-refractivity contribution in [1.29, 1.82) is 0 Å². The van der Waals surface area contributed by atoms with Crippen molar-refractivity contribution in [3.63, 3.8) is 0 Å². The molecule has 0 aliphatic carbocycles. The highest BCUT2D eigenvalue weighted by atomic mass is 32.1. The predicted molar refractivity (Wildman–Crippen MR) is 120 cm³/mol. The highest BCUT2D eigenvalue weighted by molar-refractivity contribution is 7.09. The SMILES string of the molecule is CCc1cccc(CC)c1NC(=O)/C=C/c1ccccc1OCc1csc(C)n1. The van der Waals surface area contributed by atoms with E-state index in [4.69, 9.17) is 4.74 Å². The molecule has 4 nitrogen and oxygen atoms in total. The van der Waals surface area contributed by atoms with E-state index in [1.165, 1.54) is 0 Å². The average molecular weight is 407 g/mol. The van der Waals surface area contributed by atoms with Gasteiger partial charge in [0, 0.05) is 22.7 Å². The lowest BCUT2D eigenvalue weighted by Gasteiger charge is -2.13. The number of carbonyl (C=O) groups is 1. The van der Waals surface area contributed by atoms with E-state index in [2.05, 4.69) is 36.3 Å². The van der Waals surface area contributed by atoms with Crippen LogP contribution in [0.25, 0.3) is 6.08 Å². The molecule has 3 aromatic rings. The van der Waals surface area contributed by atoms with Gasteiger partial charge in [0.1, 0.15) is 12.4 Å². The maximum Gasteiger partial charge on any atom is 0.248 e. The summed E-state index contributed by atoms with van der Waals surface area (Å²) in [5.41, 5.74) is 4.98.